The monoisotopic (exact) mass is 308 g/mol. The molecule has 3 aromatic rings. The minimum absolute atomic E-state index is 0.167. The van der Waals surface area contributed by atoms with Crippen molar-refractivity contribution >= 4 is 23.1 Å². The number of carbonyl (C=O) groups is 1. The van der Waals surface area contributed by atoms with Gasteiger partial charge in [-0.25, -0.2) is 4.98 Å². The van der Waals surface area contributed by atoms with Gasteiger partial charge in [-0.3, -0.25) is 4.79 Å². The van der Waals surface area contributed by atoms with Crippen molar-refractivity contribution in [2.75, 3.05) is 17.3 Å². The summed E-state index contributed by atoms with van der Waals surface area (Å²) in [4.78, 5) is 18.2. The van der Waals surface area contributed by atoms with Gasteiger partial charge < -0.3 is 14.7 Å². The minimum Gasteiger partial charge on any atom is -0.360 e. The highest BCUT2D eigenvalue weighted by molar-refractivity contribution is 6.04. The Kier molecular flexibility index (Phi) is 4.05. The number of pyridine rings is 1. The third kappa shape index (κ3) is 3.37. The molecule has 6 nitrogen and oxygen atoms in total. The fourth-order valence-corrected chi connectivity index (χ4v) is 2.11. The molecule has 0 saturated carbocycles. The quantitative estimate of drug-likeness (QED) is 0.800. The maximum atomic E-state index is 12.4. The Morgan fingerprint density at radius 3 is 2.57 bits per heavy atom. The second-order valence-corrected chi connectivity index (χ2v) is 5.08. The van der Waals surface area contributed by atoms with Crippen LogP contribution in [0, 0.1) is 6.92 Å². The highest BCUT2D eigenvalue weighted by atomic mass is 16.5. The maximum Gasteiger partial charge on any atom is 0.276 e. The Hall–Kier alpha value is -3.15. The molecule has 0 spiro atoms. The van der Waals surface area contributed by atoms with Crippen molar-refractivity contribution in [2.45, 2.75) is 6.92 Å². The van der Waals surface area contributed by atoms with Crippen LogP contribution in [-0.2, 0) is 0 Å². The first kappa shape index (κ1) is 14.8. The van der Waals surface area contributed by atoms with Gasteiger partial charge in [0, 0.05) is 18.8 Å². The first-order valence-electron chi connectivity index (χ1n) is 7.13. The zero-order chi connectivity index (χ0) is 16.2. The van der Waals surface area contributed by atoms with Gasteiger partial charge in [0.1, 0.15) is 11.5 Å². The van der Waals surface area contributed by atoms with Crippen LogP contribution in [0.4, 0.5) is 17.2 Å². The van der Waals surface area contributed by atoms with Gasteiger partial charge in [0.25, 0.3) is 5.91 Å². The van der Waals surface area contributed by atoms with Gasteiger partial charge in [-0.1, -0.05) is 23.4 Å². The van der Waals surface area contributed by atoms with Crippen LogP contribution in [0.3, 0.4) is 0 Å². The molecule has 1 aromatic carbocycles. The van der Waals surface area contributed by atoms with Gasteiger partial charge >= 0.3 is 0 Å². The average molecular weight is 308 g/mol. The Morgan fingerprint density at radius 1 is 1.17 bits per heavy atom. The molecule has 6 heteroatoms. The van der Waals surface area contributed by atoms with Gasteiger partial charge in [-0.15, -0.1) is 0 Å². The molecule has 1 N–H and O–H groups in total. The number of nitrogens with zero attached hydrogens (tertiary/aromatic N) is 3. The van der Waals surface area contributed by atoms with Crippen LogP contribution in [-0.4, -0.2) is 23.1 Å². The van der Waals surface area contributed by atoms with Crippen LogP contribution in [0.2, 0.25) is 0 Å². The summed E-state index contributed by atoms with van der Waals surface area (Å²) in [5.74, 6) is 1.15. The smallest absolute Gasteiger partial charge is 0.276 e. The first-order chi connectivity index (χ1) is 11.1. The highest BCUT2D eigenvalue weighted by Crippen LogP contribution is 2.17. The third-order valence-corrected chi connectivity index (χ3v) is 3.33. The standard InChI is InChI=1S/C17H16N4O2/c1-12-10-16(20-23-12)19-13-8-9-15(18-11-13)17(22)21(2)14-6-4-3-5-7-14/h3-11H,1-2H3,(H,19,20). The lowest BCUT2D eigenvalue weighted by Crippen LogP contribution is -2.26. The van der Waals surface area contributed by atoms with E-state index in [1.807, 2.05) is 37.3 Å². The largest absolute Gasteiger partial charge is 0.360 e. The molecule has 1 amide bonds. The van der Waals surface area contributed by atoms with E-state index in [4.69, 9.17) is 4.52 Å². The second-order valence-electron chi connectivity index (χ2n) is 5.08. The molecule has 2 heterocycles. The van der Waals surface area contributed by atoms with E-state index in [1.54, 1.807) is 36.3 Å². The molecule has 0 aliphatic rings. The Labute approximate surface area is 133 Å². The molecule has 2 aromatic heterocycles. The number of para-hydroxylation sites is 1. The molecule has 0 atom stereocenters. The van der Waals surface area contributed by atoms with E-state index < -0.39 is 0 Å². The summed E-state index contributed by atoms with van der Waals surface area (Å²) >= 11 is 0. The highest BCUT2D eigenvalue weighted by Gasteiger charge is 2.14. The van der Waals surface area contributed by atoms with Crippen molar-refractivity contribution in [1.29, 1.82) is 0 Å². The lowest BCUT2D eigenvalue weighted by Gasteiger charge is -2.16. The summed E-state index contributed by atoms with van der Waals surface area (Å²) in [5, 5.41) is 6.91. The maximum absolute atomic E-state index is 12.4. The number of amides is 1. The van der Waals surface area contributed by atoms with E-state index in [-0.39, 0.29) is 5.91 Å². The van der Waals surface area contributed by atoms with Crippen molar-refractivity contribution in [3.63, 3.8) is 0 Å². The van der Waals surface area contributed by atoms with E-state index in [1.165, 1.54) is 0 Å². The SMILES string of the molecule is Cc1cc(Nc2ccc(C(=O)N(C)c3ccccc3)nc2)no1. The first-order valence-corrected chi connectivity index (χ1v) is 7.13. The lowest BCUT2D eigenvalue weighted by atomic mass is 10.2. The number of aryl methyl sites for hydroxylation is 1. The molecule has 23 heavy (non-hydrogen) atoms. The second kappa shape index (κ2) is 6.31. The fourth-order valence-electron chi connectivity index (χ4n) is 2.11. The number of nitrogens with one attached hydrogen (secondary N) is 1. The number of anilines is 3. The molecule has 116 valence electrons. The predicted octanol–water partition coefficient (Wildman–Crippen LogP) is 3.40. The Balaban J connectivity index is 1.72. The van der Waals surface area contributed by atoms with Crippen molar-refractivity contribution < 1.29 is 9.32 Å². The molecular formula is C17H16N4O2. The number of rotatable bonds is 4. The molecular weight excluding hydrogens is 292 g/mol. The minimum atomic E-state index is -0.167. The van der Waals surface area contributed by atoms with Crippen LogP contribution >= 0.6 is 0 Å². The number of hydrogen-bond acceptors (Lipinski definition) is 5. The average Bonchev–Trinajstić information content (AvgIpc) is 3.00. The van der Waals surface area contributed by atoms with Crippen molar-refractivity contribution in [3.05, 3.63) is 66.2 Å². The fraction of sp³-hybridized carbons (Fsp3) is 0.118. The summed E-state index contributed by atoms with van der Waals surface area (Å²) < 4.78 is 4.99. The van der Waals surface area contributed by atoms with Crippen LogP contribution in [0.15, 0.2) is 59.3 Å². The van der Waals surface area contributed by atoms with Crippen LogP contribution < -0.4 is 10.2 Å². The topological polar surface area (TPSA) is 71.3 Å². The van der Waals surface area contributed by atoms with E-state index in [2.05, 4.69) is 15.5 Å². The third-order valence-electron chi connectivity index (χ3n) is 3.33. The number of aromatic nitrogens is 2. The predicted molar refractivity (Wildman–Crippen MR) is 87.9 cm³/mol. The molecule has 0 unspecified atom stereocenters. The number of benzene rings is 1. The molecule has 0 fully saturated rings. The van der Waals surface area contributed by atoms with Gasteiger partial charge in [-0.2, -0.15) is 0 Å². The summed E-state index contributed by atoms with van der Waals surface area (Å²) in [6.07, 6.45) is 1.59. The normalized spacial score (nSPS) is 10.3. The van der Waals surface area contributed by atoms with Crippen molar-refractivity contribution in [1.82, 2.24) is 10.1 Å². The Bertz CT molecular complexity index is 797. The summed E-state index contributed by atoms with van der Waals surface area (Å²) in [5.41, 5.74) is 1.93. The summed E-state index contributed by atoms with van der Waals surface area (Å²) in [7, 11) is 1.73. The van der Waals surface area contributed by atoms with E-state index in [0.717, 1.165) is 17.1 Å². The molecule has 0 aliphatic heterocycles. The summed E-state index contributed by atoms with van der Waals surface area (Å²) in [6.45, 7) is 1.82. The summed E-state index contributed by atoms with van der Waals surface area (Å²) in [6, 6.07) is 14.7. The zero-order valence-corrected chi connectivity index (χ0v) is 12.9. The zero-order valence-electron chi connectivity index (χ0n) is 12.9. The molecule has 0 aliphatic carbocycles. The van der Waals surface area contributed by atoms with Crippen LogP contribution in [0.25, 0.3) is 0 Å². The van der Waals surface area contributed by atoms with Gasteiger partial charge in [0.15, 0.2) is 5.82 Å². The van der Waals surface area contributed by atoms with E-state index >= 15 is 0 Å². The van der Waals surface area contributed by atoms with Gasteiger partial charge in [-0.05, 0) is 31.2 Å². The van der Waals surface area contributed by atoms with Gasteiger partial charge in [0.05, 0.1) is 11.9 Å². The van der Waals surface area contributed by atoms with E-state index in [0.29, 0.717) is 11.5 Å². The van der Waals surface area contributed by atoms with Crippen LogP contribution in [0.5, 0.6) is 0 Å². The molecule has 3 rings (SSSR count). The molecule has 0 saturated heterocycles. The van der Waals surface area contributed by atoms with E-state index in [9.17, 15) is 4.79 Å². The van der Waals surface area contributed by atoms with Crippen LogP contribution in [0.1, 0.15) is 16.2 Å². The molecule has 0 bridgehead atoms. The van der Waals surface area contributed by atoms with Gasteiger partial charge in [0.2, 0.25) is 0 Å². The lowest BCUT2D eigenvalue weighted by molar-refractivity contribution is 0.0988. The van der Waals surface area contributed by atoms with Crippen molar-refractivity contribution in [3.8, 4) is 0 Å². The number of carbonyl (C=O) groups excluding carboxylic acids is 1. The van der Waals surface area contributed by atoms with Crippen molar-refractivity contribution in [2.24, 2.45) is 0 Å². The molecule has 0 radical (unpaired) electrons. The number of hydrogen-bond donors (Lipinski definition) is 1. The Morgan fingerprint density at radius 2 is 1.96 bits per heavy atom.